The molecule has 0 radical (unpaired) electrons. The van der Waals surface area contributed by atoms with E-state index < -0.39 is 6.04 Å². The highest BCUT2D eigenvalue weighted by atomic mass is 35.5. The molecule has 2 heterocycles. The molecule has 5 nitrogen and oxygen atoms in total. The lowest BCUT2D eigenvalue weighted by Gasteiger charge is -2.37. The van der Waals surface area contributed by atoms with Crippen LogP contribution in [0.15, 0.2) is 103 Å². The van der Waals surface area contributed by atoms with Crippen LogP contribution in [0.4, 0.5) is 0 Å². The number of halogens is 1. The molecule has 0 spiro atoms. The second-order valence-electron chi connectivity index (χ2n) is 9.19. The van der Waals surface area contributed by atoms with E-state index in [0.717, 1.165) is 27.7 Å². The highest BCUT2D eigenvalue weighted by molar-refractivity contribution is 6.31. The van der Waals surface area contributed by atoms with Gasteiger partial charge in [0.15, 0.2) is 0 Å². The number of aromatic nitrogens is 1. The number of ether oxygens (including phenoxy) is 1. The van der Waals surface area contributed by atoms with E-state index in [9.17, 15) is 9.59 Å². The van der Waals surface area contributed by atoms with Gasteiger partial charge in [0.2, 0.25) is 0 Å². The standard InChI is InChI=1S/C33H33ClN2O3/c1-6-10-22(9-4)32(37)35-20-19-27-28-21-25(34)15-18-29(28)36(33(38)24(11-7-2)12-8-3)31(27)30(35)23-13-16-26(39-5)17-14-23/h6-18,21,30H,2,19-20H2,1,3-5H3/b10-6-,12-8-,22-9+,24-11+. The van der Waals surface area contributed by atoms with Crippen LogP contribution in [0.25, 0.3) is 10.9 Å². The Kier molecular flexibility index (Phi) is 8.72. The predicted octanol–water partition coefficient (Wildman–Crippen LogP) is 7.63. The molecule has 3 aromatic rings. The molecule has 1 amide bonds. The van der Waals surface area contributed by atoms with Crippen LogP contribution in [0, 0.1) is 0 Å². The maximum atomic E-state index is 14.2. The van der Waals surface area contributed by atoms with Crippen LogP contribution < -0.4 is 4.74 Å². The first-order chi connectivity index (χ1) is 18.9. The Bertz CT molecular complexity index is 1540. The summed E-state index contributed by atoms with van der Waals surface area (Å²) < 4.78 is 7.14. The lowest BCUT2D eigenvalue weighted by molar-refractivity contribution is -0.128. The number of nitrogens with zero attached hydrogens (tertiary/aromatic N) is 2. The number of hydrogen-bond acceptors (Lipinski definition) is 3. The second kappa shape index (κ2) is 12.2. The minimum absolute atomic E-state index is 0.0975. The summed E-state index contributed by atoms with van der Waals surface area (Å²) in [5.41, 5.74) is 4.49. The van der Waals surface area contributed by atoms with Crippen LogP contribution in [0.3, 0.4) is 0 Å². The molecule has 0 aliphatic carbocycles. The van der Waals surface area contributed by atoms with Gasteiger partial charge in [-0.1, -0.05) is 72.8 Å². The zero-order chi connectivity index (χ0) is 28.1. The second-order valence-corrected chi connectivity index (χ2v) is 9.63. The SMILES string of the molecule is C=C/C=C(\C=C/C)C(=O)n1c2c(c3cc(Cl)ccc31)CCN(C(=O)C(/C=C\C)=C/C)C2c1ccc(OC)cc1. The van der Waals surface area contributed by atoms with Gasteiger partial charge in [0, 0.05) is 28.1 Å². The third-order valence-corrected chi connectivity index (χ3v) is 7.17. The summed E-state index contributed by atoms with van der Waals surface area (Å²) in [6, 6.07) is 12.7. The number of benzene rings is 2. The lowest BCUT2D eigenvalue weighted by Crippen LogP contribution is -2.42. The van der Waals surface area contributed by atoms with Gasteiger partial charge in [-0.3, -0.25) is 14.2 Å². The fourth-order valence-corrected chi connectivity index (χ4v) is 5.41. The van der Waals surface area contributed by atoms with Gasteiger partial charge in [0.25, 0.3) is 11.8 Å². The van der Waals surface area contributed by atoms with Crippen LogP contribution in [0.5, 0.6) is 5.75 Å². The molecule has 0 N–H and O–H groups in total. The number of fused-ring (bicyclic) bond motifs is 3. The number of carbonyl (C=O) groups is 2. The molecular weight excluding hydrogens is 508 g/mol. The smallest absolute Gasteiger partial charge is 0.262 e. The van der Waals surface area contributed by atoms with Crippen LogP contribution in [0.2, 0.25) is 5.02 Å². The van der Waals surface area contributed by atoms with E-state index in [0.29, 0.717) is 34.9 Å². The average Bonchev–Trinajstić information content (AvgIpc) is 3.28. The molecule has 0 fully saturated rings. The van der Waals surface area contributed by atoms with Crippen LogP contribution in [0.1, 0.15) is 48.4 Å². The molecule has 200 valence electrons. The van der Waals surface area contributed by atoms with Gasteiger partial charge in [0.1, 0.15) is 5.75 Å². The van der Waals surface area contributed by atoms with Crippen molar-refractivity contribution in [2.24, 2.45) is 0 Å². The van der Waals surface area contributed by atoms with E-state index in [1.807, 2.05) is 86.4 Å². The van der Waals surface area contributed by atoms with Gasteiger partial charge in [-0.05, 0) is 68.7 Å². The average molecular weight is 541 g/mol. The highest BCUT2D eigenvalue weighted by Gasteiger charge is 2.38. The van der Waals surface area contributed by atoms with Crippen molar-refractivity contribution in [3.63, 3.8) is 0 Å². The monoisotopic (exact) mass is 540 g/mol. The maximum Gasteiger partial charge on any atom is 0.262 e. The van der Waals surface area contributed by atoms with E-state index in [4.69, 9.17) is 16.3 Å². The Morgan fingerprint density at radius 2 is 1.69 bits per heavy atom. The highest BCUT2D eigenvalue weighted by Crippen LogP contribution is 2.42. The van der Waals surface area contributed by atoms with Crippen molar-refractivity contribution in [3.8, 4) is 5.75 Å². The summed E-state index contributed by atoms with van der Waals surface area (Å²) in [5, 5.41) is 1.50. The normalized spacial score (nSPS) is 16.2. The Labute approximate surface area is 235 Å². The molecule has 4 rings (SSSR count). The number of methoxy groups -OCH3 is 1. The van der Waals surface area contributed by atoms with E-state index in [1.54, 1.807) is 36.0 Å². The first-order valence-corrected chi connectivity index (χ1v) is 13.3. The summed E-state index contributed by atoms with van der Waals surface area (Å²) in [4.78, 5) is 30.0. The zero-order valence-electron chi connectivity index (χ0n) is 22.8. The van der Waals surface area contributed by atoms with E-state index >= 15 is 0 Å². The summed E-state index contributed by atoms with van der Waals surface area (Å²) in [5.74, 6) is 0.414. The van der Waals surface area contributed by atoms with Crippen molar-refractivity contribution in [2.75, 3.05) is 13.7 Å². The van der Waals surface area contributed by atoms with E-state index in [-0.39, 0.29) is 11.8 Å². The zero-order valence-corrected chi connectivity index (χ0v) is 23.5. The van der Waals surface area contributed by atoms with Crippen LogP contribution in [-0.4, -0.2) is 34.9 Å². The van der Waals surface area contributed by atoms with E-state index in [2.05, 4.69) is 6.58 Å². The van der Waals surface area contributed by atoms with Crippen LogP contribution >= 0.6 is 11.6 Å². The predicted molar refractivity (Wildman–Crippen MR) is 159 cm³/mol. The van der Waals surface area contributed by atoms with Gasteiger partial charge in [-0.15, -0.1) is 0 Å². The molecule has 0 saturated heterocycles. The molecule has 1 aliphatic heterocycles. The van der Waals surface area contributed by atoms with Gasteiger partial charge in [-0.2, -0.15) is 0 Å². The Morgan fingerprint density at radius 3 is 2.31 bits per heavy atom. The molecular formula is C33H33ClN2O3. The van der Waals surface area contributed by atoms with Crippen molar-refractivity contribution in [2.45, 2.75) is 33.2 Å². The molecule has 1 unspecified atom stereocenters. The molecule has 0 bridgehead atoms. The Hall–Kier alpha value is -4.09. The van der Waals surface area contributed by atoms with Gasteiger partial charge in [-0.25, -0.2) is 0 Å². The van der Waals surface area contributed by atoms with Gasteiger partial charge < -0.3 is 9.64 Å². The molecule has 1 atom stereocenters. The van der Waals surface area contributed by atoms with Gasteiger partial charge in [0.05, 0.1) is 24.4 Å². The topological polar surface area (TPSA) is 51.5 Å². The molecule has 0 saturated carbocycles. The third-order valence-electron chi connectivity index (χ3n) is 6.94. The fraction of sp³-hybridized carbons (Fsp3) is 0.212. The number of hydrogen-bond donors (Lipinski definition) is 0. The lowest BCUT2D eigenvalue weighted by atomic mass is 9.91. The first kappa shape index (κ1) is 27.9. The first-order valence-electron chi connectivity index (χ1n) is 13.0. The van der Waals surface area contributed by atoms with Crippen molar-refractivity contribution >= 4 is 34.3 Å². The van der Waals surface area contributed by atoms with Crippen molar-refractivity contribution in [1.29, 1.82) is 0 Å². The maximum absolute atomic E-state index is 14.2. The number of carbonyl (C=O) groups excluding carboxylic acids is 2. The molecule has 1 aromatic heterocycles. The summed E-state index contributed by atoms with van der Waals surface area (Å²) in [6.07, 6.45) is 13.0. The summed E-state index contributed by atoms with van der Waals surface area (Å²) in [7, 11) is 1.62. The number of allylic oxidation sites excluding steroid dienone is 7. The van der Waals surface area contributed by atoms with Crippen molar-refractivity contribution in [1.82, 2.24) is 9.47 Å². The molecule has 1 aliphatic rings. The largest absolute Gasteiger partial charge is 0.497 e. The van der Waals surface area contributed by atoms with Crippen LogP contribution in [-0.2, 0) is 11.2 Å². The molecule has 2 aromatic carbocycles. The van der Waals surface area contributed by atoms with Gasteiger partial charge >= 0.3 is 0 Å². The number of amides is 1. The molecule has 39 heavy (non-hydrogen) atoms. The minimum Gasteiger partial charge on any atom is -0.497 e. The third kappa shape index (κ3) is 5.27. The Balaban J connectivity index is 2.07. The van der Waals surface area contributed by atoms with E-state index in [1.165, 1.54) is 0 Å². The fourth-order valence-electron chi connectivity index (χ4n) is 5.24. The number of rotatable bonds is 7. The van der Waals surface area contributed by atoms with Crippen molar-refractivity contribution < 1.29 is 14.3 Å². The summed E-state index contributed by atoms with van der Waals surface area (Å²) in [6.45, 7) is 9.91. The molecule has 6 heteroatoms. The van der Waals surface area contributed by atoms with Crippen molar-refractivity contribution in [3.05, 3.63) is 125 Å². The minimum atomic E-state index is -0.516. The summed E-state index contributed by atoms with van der Waals surface area (Å²) >= 11 is 6.45. The Morgan fingerprint density at radius 1 is 1.00 bits per heavy atom. The quantitative estimate of drug-likeness (QED) is 0.229.